The molecule has 11 nitrogen and oxygen atoms in total. The summed E-state index contributed by atoms with van der Waals surface area (Å²) in [4.78, 5) is 37.6. The van der Waals surface area contributed by atoms with E-state index in [-0.39, 0.29) is 18.3 Å². The molecule has 2 aromatic carbocycles. The second-order valence-corrected chi connectivity index (χ2v) is 12.6. The average Bonchev–Trinajstić information content (AvgIpc) is 3.18. The van der Waals surface area contributed by atoms with Crippen molar-refractivity contribution in [2.24, 2.45) is 5.73 Å². The molecule has 0 spiro atoms. The van der Waals surface area contributed by atoms with Gasteiger partial charge in [0.15, 0.2) is 19.1 Å². The molecule has 0 saturated heterocycles. The Labute approximate surface area is 245 Å². The van der Waals surface area contributed by atoms with Crippen molar-refractivity contribution in [3.8, 4) is 5.75 Å². The standard InChI is InChI=1S/C25H28Cl2N3O8PS/c1-14(2)22-23(40-20-9-17(26)8-18(27)10-20)30(21(29-22)12-36-25(28)33)11-16-4-6-19(7-5-16)37-13-39(34,35)38-15(3)24(31)32/h4-10,14-15H,11-13H2,1-3H3,(H2,28,33)(H,31,32)(H,34,35)/t15-/m0/s1. The van der Waals surface area contributed by atoms with Crippen molar-refractivity contribution in [1.29, 1.82) is 0 Å². The number of carboxylic acids is 1. The number of rotatable bonds is 13. The van der Waals surface area contributed by atoms with Crippen LogP contribution in [0.5, 0.6) is 5.75 Å². The lowest BCUT2D eigenvalue weighted by atomic mass is 10.1. The van der Waals surface area contributed by atoms with Gasteiger partial charge in [-0.25, -0.2) is 14.6 Å². The van der Waals surface area contributed by atoms with E-state index in [1.165, 1.54) is 11.8 Å². The van der Waals surface area contributed by atoms with Gasteiger partial charge >= 0.3 is 19.7 Å². The molecule has 0 fully saturated rings. The van der Waals surface area contributed by atoms with Crippen LogP contribution in [0.1, 0.15) is 43.8 Å². The molecule has 0 aliphatic carbocycles. The van der Waals surface area contributed by atoms with Crippen LogP contribution in [0.25, 0.3) is 0 Å². The van der Waals surface area contributed by atoms with Crippen LogP contribution in [-0.4, -0.2) is 44.1 Å². The topological polar surface area (TPSA) is 163 Å². The first-order valence-corrected chi connectivity index (χ1v) is 15.2. The fourth-order valence-corrected chi connectivity index (χ4v) is 6.32. The Morgan fingerprint density at radius 1 is 1.12 bits per heavy atom. The number of amides is 1. The number of primary amides is 1. The second kappa shape index (κ2) is 13.8. The Hall–Kier alpha value is -2.73. The van der Waals surface area contributed by atoms with E-state index in [2.05, 4.69) is 4.52 Å². The molecule has 2 atom stereocenters. The number of carbonyl (C=O) groups is 2. The molecule has 216 valence electrons. The van der Waals surface area contributed by atoms with E-state index in [0.717, 1.165) is 28.1 Å². The lowest BCUT2D eigenvalue weighted by molar-refractivity contribution is -0.144. The van der Waals surface area contributed by atoms with E-state index in [4.69, 9.17) is 48.5 Å². The van der Waals surface area contributed by atoms with Crippen LogP contribution in [0.2, 0.25) is 10.0 Å². The highest BCUT2D eigenvalue weighted by atomic mass is 35.5. The zero-order chi connectivity index (χ0) is 29.6. The summed E-state index contributed by atoms with van der Waals surface area (Å²) in [5.41, 5.74) is 6.79. The highest BCUT2D eigenvalue weighted by Crippen LogP contribution is 2.43. The van der Waals surface area contributed by atoms with E-state index >= 15 is 0 Å². The highest BCUT2D eigenvalue weighted by molar-refractivity contribution is 7.99. The zero-order valence-electron chi connectivity index (χ0n) is 21.7. The largest absolute Gasteiger partial charge is 0.481 e. The van der Waals surface area contributed by atoms with Crippen molar-refractivity contribution in [1.82, 2.24) is 9.55 Å². The number of nitrogens with two attached hydrogens (primary N) is 1. The van der Waals surface area contributed by atoms with Crippen LogP contribution in [0.15, 0.2) is 52.4 Å². The van der Waals surface area contributed by atoms with Gasteiger partial charge in [-0.1, -0.05) is 60.9 Å². The number of carbonyl (C=O) groups excluding carboxylic acids is 1. The molecule has 1 unspecified atom stereocenters. The van der Waals surface area contributed by atoms with Gasteiger partial charge in [0.25, 0.3) is 0 Å². The molecule has 0 bridgehead atoms. The molecule has 1 aromatic heterocycles. The molecule has 1 amide bonds. The summed E-state index contributed by atoms with van der Waals surface area (Å²) in [6.07, 6.45) is -3.11. The number of aromatic nitrogens is 2. The summed E-state index contributed by atoms with van der Waals surface area (Å²) in [6, 6.07) is 11.9. The number of hydrogen-bond acceptors (Lipinski definition) is 8. The predicted octanol–water partition coefficient (Wildman–Crippen LogP) is 6.12. The number of ether oxygens (including phenoxy) is 2. The van der Waals surface area contributed by atoms with Crippen LogP contribution in [0.3, 0.4) is 0 Å². The van der Waals surface area contributed by atoms with E-state index in [1.54, 1.807) is 42.5 Å². The van der Waals surface area contributed by atoms with Crippen molar-refractivity contribution < 1.29 is 38.2 Å². The molecule has 3 aromatic rings. The molecule has 15 heteroatoms. The van der Waals surface area contributed by atoms with Crippen molar-refractivity contribution >= 4 is 54.6 Å². The van der Waals surface area contributed by atoms with Crippen molar-refractivity contribution in [3.63, 3.8) is 0 Å². The Balaban J connectivity index is 1.87. The first-order chi connectivity index (χ1) is 18.7. The smallest absolute Gasteiger partial charge is 0.404 e. The summed E-state index contributed by atoms with van der Waals surface area (Å²) in [5, 5.41) is 10.6. The Morgan fingerprint density at radius 3 is 2.30 bits per heavy atom. The molecule has 4 N–H and O–H groups in total. The molecule has 3 rings (SSSR count). The second-order valence-electron chi connectivity index (χ2n) is 8.91. The van der Waals surface area contributed by atoms with E-state index in [9.17, 15) is 19.0 Å². The van der Waals surface area contributed by atoms with E-state index in [0.29, 0.717) is 22.4 Å². The summed E-state index contributed by atoms with van der Waals surface area (Å²) in [7, 11) is -4.30. The van der Waals surface area contributed by atoms with Gasteiger partial charge in [0.1, 0.15) is 16.6 Å². The minimum Gasteiger partial charge on any atom is -0.481 e. The van der Waals surface area contributed by atoms with Gasteiger partial charge in [-0.15, -0.1) is 0 Å². The molecule has 1 heterocycles. The normalized spacial score (nSPS) is 13.6. The molecule has 0 saturated carbocycles. The number of halogens is 2. The molecule has 0 aliphatic heterocycles. The van der Waals surface area contributed by atoms with Crippen molar-refractivity contribution in [2.75, 3.05) is 6.35 Å². The highest BCUT2D eigenvalue weighted by Gasteiger charge is 2.27. The third kappa shape index (κ3) is 9.15. The van der Waals surface area contributed by atoms with Crippen LogP contribution >= 0.6 is 42.6 Å². The molecule has 40 heavy (non-hydrogen) atoms. The van der Waals surface area contributed by atoms with Gasteiger partial charge in [0.2, 0.25) is 0 Å². The summed E-state index contributed by atoms with van der Waals surface area (Å²) in [6.45, 7) is 5.32. The summed E-state index contributed by atoms with van der Waals surface area (Å²) < 4.78 is 29.1. The predicted molar refractivity (Wildman–Crippen MR) is 150 cm³/mol. The van der Waals surface area contributed by atoms with Gasteiger partial charge in [-0.3, -0.25) is 9.09 Å². The average molecular weight is 632 g/mol. The maximum absolute atomic E-state index is 12.1. The van der Waals surface area contributed by atoms with Crippen LogP contribution in [0.4, 0.5) is 4.79 Å². The van der Waals surface area contributed by atoms with Crippen molar-refractivity contribution in [3.05, 3.63) is 69.6 Å². The molecule has 0 radical (unpaired) electrons. The maximum atomic E-state index is 12.1. The van der Waals surface area contributed by atoms with Crippen LogP contribution in [0, 0.1) is 0 Å². The number of carboxylic acid groups (broad SMARTS) is 1. The Morgan fingerprint density at radius 2 is 1.75 bits per heavy atom. The minimum absolute atomic E-state index is 0.0294. The van der Waals surface area contributed by atoms with Crippen molar-refractivity contribution in [2.45, 2.75) is 55.9 Å². The SMILES string of the molecule is CC(C)c1nc(COC(N)=O)n(Cc2ccc(OCP(=O)(O)O[C@@H](C)C(=O)O)cc2)c1Sc1cc(Cl)cc(Cl)c1. The zero-order valence-corrected chi connectivity index (χ0v) is 25.0. The fraction of sp³-hybridized carbons (Fsp3) is 0.320. The van der Waals surface area contributed by atoms with Gasteiger partial charge in [0.05, 0.1) is 5.69 Å². The summed E-state index contributed by atoms with van der Waals surface area (Å²) >= 11 is 13.8. The first kappa shape index (κ1) is 31.8. The van der Waals surface area contributed by atoms with Crippen LogP contribution < -0.4 is 10.5 Å². The Bertz CT molecular complexity index is 1400. The quantitative estimate of drug-likeness (QED) is 0.187. The Kier molecular flexibility index (Phi) is 10.9. The van der Waals surface area contributed by atoms with Gasteiger partial charge in [-0.05, 0) is 48.7 Å². The third-order valence-corrected chi connectivity index (χ3v) is 7.93. The molecular weight excluding hydrogens is 604 g/mol. The number of aliphatic carboxylic acids is 1. The number of imidazole rings is 1. The first-order valence-electron chi connectivity index (χ1n) is 11.8. The number of nitrogens with zero attached hydrogens (tertiary/aromatic N) is 2. The van der Waals surface area contributed by atoms with E-state index < -0.39 is 32.1 Å². The van der Waals surface area contributed by atoms with Gasteiger partial charge in [0, 0.05) is 21.5 Å². The van der Waals surface area contributed by atoms with E-state index in [1.807, 2.05) is 18.4 Å². The number of hydrogen-bond donors (Lipinski definition) is 3. The fourth-order valence-electron chi connectivity index (χ4n) is 3.45. The number of benzene rings is 2. The minimum atomic E-state index is -4.30. The molecular formula is C25H28Cl2N3O8PS. The van der Waals surface area contributed by atoms with Gasteiger partial charge < -0.3 is 29.8 Å². The lowest BCUT2D eigenvalue weighted by Crippen LogP contribution is -2.19. The maximum Gasteiger partial charge on any atom is 0.404 e. The van der Waals surface area contributed by atoms with Crippen LogP contribution in [-0.2, 0) is 31.8 Å². The third-order valence-electron chi connectivity index (χ3n) is 5.30. The molecule has 0 aliphatic rings. The monoisotopic (exact) mass is 631 g/mol. The van der Waals surface area contributed by atoms with Gasteiger partial charge in [-0.2, -0.15) is 0 Å². The lowest BCUT2D eigenvalue weighted by Gasteiger charge is -2.16. The summed E-state index contributed by atoms with van der Waals surface area (Å²) in [5.74, 6) is -0.583.